The van der Waals surface area contributed by atoms with Gasteiger partial charge in [0.25, 0.3) is 5.91 Å². The van der Waals surface area contributed by atoms with Gasteiger partial charge in [-0.2, -0.15) is 0 Å². The predicted molar refractivity (Wildman–Crippen MR) is 124 cm³/mol. The van der Waals surface area contributed by atoms with E-state index < -0.39 is 5.91 Å². The van der Waals surface area contributed by atoms with E-state index in [1.54, 1.807) is 29.7 Å². The van der Waals surface area contributed by atoms with Crippen molar-refractivity contribution in [3.63, 3.8) is 0 Å². The molecule has 4 aromatic rings. The quantitative estimate of drug-likeness (QED) is 0.342. The van der Waals surface area contributed by atoms with Gasteiger partial charge in [-0.15, -0.1) is 11.3 Å². The van der Waals surface area contributed by atoms with Crippen LogP contribution in [0.5, 0.6) is 0 Å². The molecule has 0 fully saturated rings. The third-order valence-corrected chi connectivity index (χ3v) is 6.09. The minimum Gasteiger partial charge on any atom is -0.288 e. The van der Waals surface area contributed by atoms with E-state index in [1.165, 1.54) is 16.2 Å². The van der Waals surface area contributed by atoms with Crippen LogP contribution in [0.4, 0.5) is 5.69 Å². The summed E-state index contributed by atoms with van der Waals surface area (Å²) in [6.07, 6.45) is 0.169. The molecule has 0 spiro atoms. The van der Waals surface area contributed by atoms with Crippen molar-refractivity contribution in [2.45, 2.75) is 12.8 Å². The fourth-order valence-corrected chi connectivity index (χ4v) is 4.40. The highest BCUT2D eigenvalue weighted by atomic mass is 32.1. The Morgan fingerprint density at radius 2 is 1.34 bits per heavy atom. The van der Waals surface area contributed by atoms with E-state index in [2.05, 4.69) is 0 Å². The highest BCUT2D eigenvalue weighted by molar-refractivity contribution is 7.20. The molecule has 160 valence electrons. The SMILES string of the molecule is O=C(NO)c1cc2cc(N(C(=O)Cc3ccccc3)C(=O)Cc3ccccc3)ccc2s1. The van der Waals surface area contributed by atoms with Gasteiger partial charge in [-0.05, 0) is 40.8 Å². The number of hydroxylamine groups is 1. The van der Waals surface area contributed by atoms with E-state index >= 15 is 0 Å². The van der Waals surface area contributed by atoms with Crippen molar-refractivity contribution in [1.29, 1.82) is 0 Å². The van der Waals surface area contributed by atoms with Crippen molar-refractivity contribution in [2.75, 3.05) is 4.90 Å². The summed E-state index contributed by atoms with van der Waals surface area (Å²) in [6, 6.07) is 25.3. The Balaban J connectivity index is 1.69. The number of amides is 3. The van der Waals surface area contributed by atoms with Gasteiger partial charge in [-0.3, -0.25) is 19.6 Å². The van der Waals surface area contributed by atoms with E-state index in [0.717, 1.165) is 15.8 Å². The maximum Gasteiger partial charge on any atom is 0.284 e. The molecule has 7 heteroatoms. The summed E-state index contributed by atoms with van der Waals surface area (Å²) in [5, 5.41) is 9.60. The summed E-state index contributed by atoms with van der Waals surface area (Å²) in [4.78, 5) is 39.8. The van der Waals surface area contributed by atoms with Gasteiger partial charge in [-0.1, -0.05) is 60.7 Å². The standard InChI is InChI=1S/C25H20N2O4S/c28-23(13-17-7-3-1-4-8-17)27(24(29)14-18-9-5-2-6-10-18)20-11-12-21-19(15-20)16-22(32-21)25(30)26-31/h1-12,15-16,31H,13-14H2,(H,26,30). The lowest BCUT2D eigenvalue weighted by Crippen LogP contribution is -2.39. The molecule has 0 bridgehead atoms. The molecule has 0 unspecified atom stereocenters. The zero-order chi connectivity index (χ0) is 22.5. The highest BCUT2D eigenvalue weighted by Gasteiger charge is 2.24. The van der Waals surface area contributed by atoms with E-state index in [9.17, 15) is 14.4 Å². The number of anilines is 1. The van der Waals surface area contributed by atoms with Gasteiger partial charge in [0.2, 0.25) is 11.8 Å². The van der Waals surface area contributed by atoms with Gasteiger partial charge >= 0.3 is 0 Å². The summed E-state index contributed by atoms with van der Waals surface area (Å²) >= 11 is 1.21. The van der Waals surface area contributed by atoms with E-state index in [-0.39, 0.29) is 24.7 Å². The van der Waals surface area contributed by atoms with Crippen LogP contribution in [0.3, 0.4) is 0 Å². The Labute approximate surface area is 188 Å². The second kappa shape index (κ2) is 9.55. The summed E-state index contributed by atoms with van der Waals surface area (Å²) in [7, 11) is 0. The van der Waals surface area contributed by atoms with E-state index in [0.29, 0.717) is 16.0 Å². The van der Waals surface area contributed by atoms with Gasteiger partial charge in [-0.25, -0.2) is 10.4 Å². The molecule has 0 aliphatic heterocycles. The number of nitrogens with one attached hydrogen (secondary N) is 1. The second-order valence-electron chi connectivity index (χ2n) is 7.22. The van der Waals surface area contributed by atoms with Gasteiger partial charge < -0.3 is 0 Å². The maximum absolute atomic E-state index is 13.3. The number of nitrogens with zero attached hydrogens (tertiary/aromatic N) is 1. The Morgan fingerprint density at radius 3 is 1.88 bits per heavy atom. The normalized spacial score (nSPS) is 10.7. The lowest BCUT2D eigenvalue weighted by Gasteiger charge is -2.21. The third kappa shape index (κ3) is 4.74. The lowest BCUT2D eigenvalue weighted by molar-refractivity contribution is -0.125. The van der Waals surface area contributed by atoms with Crippen molar-refractivity contribution in [3.05, 3.63) is 101 Å². The first-order chi connectivity index (χ1) is 15.5. The molecule has 0 aliphatic rings. The fraction of sp³-hybridized carbons (Fsp3) is 0.0800. The average molecular weight is 445 g/mol. The minimum absolute atomic E-state index is 0.0845. The molecule has 0 saturated carbocycles. The summed E-state index contributed by atoms with van der Waals surface area (Å²) in [6.45, 7) is 0. The number of carbonyl (C=O) groups is 3. The Hall–Kier alpha value is -3.81. The number of fused-ring (bicyclic) bond motifs is 1. The molecule has 0 saturated heterocycles. The van der Waals surface area contributed by atoms with Gasteiger partial charge in [0, 0.05) is 4.70 Å². The van der Waals surface area contributed by atoms with Crippen LogP contribution in [0.2, 0.25) is 0 Å². The van der Waals surface area contributed by atoms with Crippen LogP contribution in [0.25, 0.3) is 10.1 Å². The molecule has 0 radical (unpaired) electrons. The molecule has 6 nitrogen and oxygen atoms in total. The van der Waals surface area contributed by atoms with Crippen LogP contribution in [-0.2, 0) is 22.4 Å². The van der Waals surface area contributed by atoms with Gasteiger partial charge in [0.1, 0.15) is 0 Å². The molecule has 0 aliphatic carbocycles. The van der Waals surface area contributed by atoms with E-state index in [4.69, 9.17) is 5.21 Å². The second-order valence-corrected chi connectivity index (χ2v) is 8.31. The number of hydrogen-bond donors (Lipinski definition) is 2. The number of imide groups is 1. The highest BCUT2D eigenvalue weighted by Crippen LogP contribution is 2.30. The summed E-state index contributed by atoms with van der Waals surface area (Å²) in [5.74, 6) is -1.27. The average Bonchev–Trinajstić information content (AvgIpc) is 3.23. The zero-order valence-corrected chi connectivity index (χ0v) is 17.8. The molecule has 3 amide bonds. The van der Waals surface area contributed by atoms with Crippen LogP contribution in [-0.4, -0.2) is 22.9 Å². The van der Waals surface area contributed by atoms with Crippen molar-refractivity contribution in [2.24, 2.45) is 0 Å². The van der Waals surface area contributed by atoms with E-state index in [1.807, 2.05) is 60.7 Å². The molecular formula is C25H20N2O4S. The molecular weight excluding hydrogens is 424 g/mol. The first-order valence-corrected chi connectivity index (χ1v) is 10.8. The molecule has 1 heterocycles. The van der Waals surface area contributed by atoms with Crippen molar-refractivity contribution in [3.8, 4) is 0 Å². The van der Waals surface area contributed by atoms with Crippen LogP contribution in [0, 0.1) is 0 Å². The zero-order valence-electron chi connectivity index (χ0n) is 17.0. The van der Waals surface area contributed by atoms with Crippen molar-refractivity contribution in [1.82, 2.24) is 5.48 Å². The number of rotatable bonds is 6. The molecule has 0 atom stereocenters. The minimum atomic E-state index is -0.607. The lowest BCUT2D eigenvalue weighted by atomic mass is 10.1. The molecule has 2 N–H and O–H groups in total. The van der Waals surface area contributed by atoms with Crippen LogP contribution >= 0.6 is 11.3 Å². The van der Waals surface area contributed by atoms with Crippen LogP contribution in [0.1, 0.15) is 20.8 Å². The largest absolute Gasteiger partial charge is 0.288 e. The summed E-state index contributed by atoms with van der Waals surface area (Å²) < 4.78 is 0.804. The summed E-state index contributed by atoms with van der Waals surface area (Å²) in [5.41, 5.74) is 3.69. The first kappa shape index (κ1) is 21.4. The number of benzene rings is 3. The first-order valence-electron chi connectivity index (χ1n) is 9.97. The molecule has 32 heavy (non-hydrogen) atoms. The Morgan fingerprint density at radius 1 is 0.781 bits per heavy atom. The molecule has 4 rings (SSSR count). The predicted octanol–water partition coefficient (Wildman–Crippen LogP) is 4.37. The molecule has 1 aromatic heterocycles. The van der Waals surface area contributed by atoms with Crippen LogP contribution < -0.4 is 10.4 Å². The Bertz CT molecular complexity index is 1220. The van der Waals surface area contributed by atoms with Crippen LogP contribution in [0.15, 0.2) is 84.9 Å². The number of thiophene rings is 1. The molecule has 3 aromatic carbocycles. The van der Waals surface area contributed by atoms with Gasteiger partial charge in [0.15, 0.2) is 0 Å². The Kier molecular flexibility index (Phi) is 6.39. The maximum atomic E-state index is 13.3. The topological polar surface area (TPSA) is 86.7 Å². The van der Waals surface area contributed by atoms with Crippen molar-refractivity contribution >= 4 is 44.8 Å². The fourth-order valence-electron chi connectivity index (χ4n) is 3.46. The van der Waals surface area contributed by atoms with Crippen molar-refractivity contribution < 1.29 is 19.6 Å². The monoisotopic (exact) mass is 444 g/mol. The number of carbonyl (C=O) groups excluding carboxylic acids is 3. The smallest absolute Gasteiger partial charge is 0.284 e. The number of hydrogen-bond acceptors (Lipinski definition) is 5. The van der Waals surface area contributed by atoms with Gasteiger partial charge in [0.05, 0.1) is 23.4 Å². The third-order valence-electron chi connectivity index (χ3n) is 4.98.